The number of hydrogen-bond donors (Lipinski definition) is 0. The molecule has 0 radical (unpaired) electrons. The van der Waals surface area contributed by atoms with Gasteiger partial charge in [0.1, 0.15) is 0 Å². The summed E-state index contributed by atoms with van der Waals surface area (Å²) in [6, 6.07) is 0. The molecule has 0 N–H and O–H groups in total. The van der Waals surface area contributed by atoms with Gasteiger partial charge < -0.3 is 0 Å². The number of rotatable bonds is 3. The average molecular weight is 210 g/mol. The van der Waals surface area contributed by atoms with Crippen molar-refractivity contribution in [1.29, 1.82) is 0 Å². The summed E-state index contributed by atoms with van der Waals surface area (Å²) in [4.78, 5) is 0. The van der Waals surface area contributed by atoms with Crippen molar-refractivity contribution in [2.45, 2.75) is 13.3 Å². The molecule has 1 fully saturated rings. The van der Waals surface area contributed by atoms with E-state index in [2.05, 4.69) is 11.1 Å². The third-order valence-electron chi connectivity index (χ3n) is 2.07. The van der Waals surface area contributed by atoms with Crippen LogP contribution in [0.1, 0.15) is 13.3 Å². The SMILES string of the molecule is C=CCC1(C)CO[PH](F)(OC)OC1. The van der Waals surface area contributed by atoms with Crippen LogP contribution in [0.25, 0.3) is 0 Å². The van der Waals surface area contributed by atoms with E-state index in [0.717, 1.165) is 6.42 Å². The van der Waals surface area contributed by atoms with Gasteiger partial charge in [-0.2, -0.15) is 0 Å². The van der Waals surface area contributed by atoms with Crippen LogP contribution in [0, 0.1) is 5.41 Å². The van der Waals surface area contributed by atoms with E-state index in [4.69, 9.17) is 9.05 Å². The van der Waals surface area contributed by atoms with E-state index in [-0.39, 0.29) is 5.41 Å². The van der Waals surface area contributed by atoms with Crippen LogP contribution in [0.5, 0.6) is 0 Å². The van der Waals surface area contributed by atoms with Gasteiger partial charge in [-0.3, -0.25) is 0 Å². The fraction of sp³-hybridized carbons (Fsp3) is 0.750. The van der Waals surface area contributed by atoms with Crippen molar-refractivity contribution in [3.63, 3.8) is 0 Å². The molecule has 1 saturated heterocycles. The maximum atomic E-state index is 13.3. The molecule has 0 spiro atoms. The zero-order valence-electron chi connectivity index (χ0n) is 8.01. The van der Waals surface area contributed by atoms with E-state index in [9.17, 15) is 4.20 Å². The molecule has 0 aromatic carbocycles. The quantitative estimate of drug-likeness (QED) is 0.529. The predicted octanol–water partition coefficient (Wildman–Crippen LogP) is 2.64. The molecule has 1 rings (SSSR count). The molecule has 1 heterocycles. The first-order valence-electron chi connectivity index (χ1n) is 4.16. The first-order valence-corrected chi connectivity index (χ1v) is 5.77. The Labute approximate surface area is 78.6 Å². The third-order valence-corrected chi connectivity index (χ3v) is 3.53. The topological polar surface area (TPSA) is 27.7 Å². The minimum absolute atomic E-state index is 0.164. The molecule has 0 aromatic heterocycles. The van der Waals surface area contributed by atoms with Crippen LogP contribution in [0.2, 0.25) is 0 Å². The van der Waals surface area contributed by atoms with E-state index >= 15 is 0 Å². The van der Waals surface area contributed by atoms with Gasteiger partial charge in [0, 0.05) is 0 Å². The Bertz CT molecular complexity index is 190. The van der Waals surface area contributed by atoms with E-state index in [1.807, 2.05) is 6.92 Å². The van der Waals surface area contributed by atoms with Crippen LogP contribution in [0.3, 0.4) is 0 Å². The van der Waals surface area contributed by atoms with Crippen LogP contribution < -0.4 is 0 Å². The van der Waals surface area contributed by atoms with Crippen molar-refractivity contribution in [1.82, 2.24) is 0 Å². The zero-order valence-corrected chi connectivity index (χ0v) is 9.01. The molecule has 5 heteroatoms. The Morgan fingerprint density at radius 3 is 2.54 bits per heavy atom. The van der Waals surface area contributed by atoms with Gasteiger partial charge in [0.25, 0.3) is 0 Å². The van der Waals surface area contributed by atoms with Gasteiger partial charge >= 0.3 is 77.8 Å². The Morgan fingerprint density at radius 1 is 1.62 bits per heavy atom. The van der Waals surface area contributed by atoms with Gasteiger partial charge in [-0.25, -0.2) is 0 Å². The minimum atomic E-state index is -3.76. The summed E-state index contributed by atoms with van der Waals surface area (Å²) < 4.78 is 27.8. The van der Waals surface area contributed by atoms with Crippen molar-refractivity contribution >= 4 is 8.25 Å². The molecule has 1 aliphatic rings. The predicted molar refractivity (Wildman–Crippen MR) is 51.3 cm³/mol. The molecule has 0 amide bonds. The van der Waals surface area contributed by atoms with Crippen molar-refractivity contribution in [3.8, 4) is 0 Å². The molecular weight excluding hydrogens is 194 g/mol. The molecule has 0 aromatic rings. The van der Waals surface area contributed by atoms with Gasteiger partial charge in [-0.15, -0.1) is 0 Å². The van der Waals surface area contributed by atoms with E-state index in [1.54, 1.807) is 6.08 Å². The molecule has 0 bridgehead atoms. The van der Waals surface area contributed by atoms with E-state index in [0.29, 0.717) is 13.2 Å². The van der Waals surface area contributed by atoms with Crippen LogP contribution in [0.4, 0.5) is 4.20 Å². The number of halogens is 1. The second-order valence-corrected chi connectivity index (χ2v) is 5.51. The van der Waals surface area contributed by atoms with Gasteiger partial charge in [0.15, 0.2) is 0 Å². The fourth-order valence-electron chi connectivity index (χ4n) is 1.19. The molecule has 0 aliphatic carbocycles. The van der Waals surface area contributed by atoms with Crippen LogP contribution in [-0.4, -0.2) is 20.3 Å². The molecule has 0 atom stereocenters. The van der Waals surface area contributed by atoms with Crippen molar-refractivity contribution in [3.05, 3.63) is 12.7 Å². The maximum absolute atomic E-state index is 13.3. The first-order chi connectivity index (χ1) is 6.04. The van der Waals surface area contributed by atoms with E-state index in [1.165, 1.54) is 7.11 Å². The Balaban J connectivity index is 2.50. The molecule has 13 heavy (non-hydrogen) atoms. The standard InChI is InChI=1S/C8H16FO3P/c1-4-5-8(2)6-11-13(9,10-3)12-7-8/h4,13H,1,5-7H2,2-3H3. The summed E-state index contributed by atoms with van der Waals surface area (Å²) in [6.07, 6.45) is 2.54. The molecule has 3 nitrogen and oxygen atoms in total. The molecule has 0 unspecified atom stereocenters. The normalized spacial score (nSPS) is 35.3. The second-order valence-electron chi connectivity index (χ2n) is 3.57. The summed E-state index contributed by atoms with van der Waals surface area (Å²) in [7, 11) is -2.50. The molecular formula is C8H16FO3P. The van der Waals surface area contributed by atoms with Crippen molar-refractivity contribution < 1.29 is 17.8 Å². The second kappa shape index (κ2) is 4.01. The Kier molecular flexibility index (Phi) is 3.41. The number of allylic oxidation sites excluding steroid dienone is 1. The summed E-state index contributed by atoms with van der Waals surface area (Å²) in [5, 5.41) is 0. The van der Waals surface area contributed by atoms with Crippen LogP contribution in [0.15, 0.2) is 12.7 Å². The monoisotopic (exact) mass is 210 g/mol. The fourth-order valence-corrected chi connectivity index (χ4v) is 2.55. The zero-order chi connectivity index (χ0) is 9.95. The van der Waals surface area contributed by atoms with Gasteiger partial charge in [0.05, 0.1) is 0 Å². The van der Waals surface area contributed by atoms with Crippen LogP contribution >= 0.6 is 8.25 Å². The van der Waals surface area contributed by atoms with Crippen molar-refractivity contribution in [2.75, 3.05) is 20.3 Å². The molecule has 1 aliphatic heterocycles. The number of hydrogen-bond acceptors (Lipinski definition) is 3. The summed E-state index contributed by atoms with van der Waals surface area (Å²) in [5.74, 6) is 0. The third kappa shape index (κ3) is 2.71. The first kappa shape index (κ1) is 11.1. The molecule has 0 saturated carbocycles. The van der Waals surface area contributed by atoms with E-state index < -0.39 is 8.25 Å². The van der Waals surface area contributed by atoms with Gasteiger partial charge in [-0.05, 0) is 0 Å². The summed E-state index contributed by atoms with van der Waals surface area (Å²) in [6.45, 7) is 6.26. The van der Waals surface area contributed by atoms with Gasteiger partial charge in [0.2, 0.25) is 0 Å². The summed E-state index contributed by atoms with van der Waals surface area (Å²) in [5.41, 5.74) is -0.164. The van der Waals surface area contributed by atoms with Crippen LogP contribution in [-0.2, 0) is 13.6 Å². The average Bonchev–Trinajstić information content (AvgIpc) is 2.12. The summed E-state index contributed by atoms with van der Waals surface area (Å²) >= 11 is 0. The molecule has 78 valence electrons. The van der Waals surface area contributed by atoms with Gasteiger partial charge in [-0.1, -0.05) is 0 Å². The Hall–Kier alpha value is -0.0200. The van der Waals surface area contributed by atoms with Crippen molar-refractivity contribution in [2.24, 2.45) is 5.41 Å². The Morgan fingerprint density at radius 2 is 2.15 bits per heavy atom.